The molecule has 1 aromatic carbocycles. The lowest BCUT2D eigenvalue weighted by atomic mass is 10.00. The maximum atomic E-state index is 9.07. The summed E-state index contributed by atoms with van der Waals surface area (Å²) in [4.78, 5) is 1.17. The number of nitriles is 1. The first kappa shape index (κ1) is 12.8. The summed E-state index contributed by atoms with van der Waals surface area (Å²) in [6, 6.07) is 20.0. The highest BCUT2D eigenvalue weighted by Gasteiger charge is 2.17. The fourth-order valence-corrected chi connectivity index (χ4v) is 3.38. The van der Waals surface area contributed by atoms with Crippen LogP contribution >= 0.6 is 11.3 Å². The van der Waals surface area contributed by atoms with E-state index in [1.165, 1.54) is 4.88 Å². The van der Waals surface area contributed by atoms with Crippen LogP contribution in [0.25, 0.3) is 33.0 Å². The highest BCUT2D eigenvalue weighted by molar-refractivity contribution is 7.13. The zero-order valence-electron chi connectivity index (χ0n) is 11.6. The molecule has 1 aliphatic carbocycles. The molecule has 0 unspecified atom stereocenters. The molecular formula is C18H11N3S. The minimum absolute atomic E-state index is 0.640. The second-order valence-corrected chi connectivity index (χ2v) is 5.92. The van der Waals surface area contributed by atoms with E-state index >= 15 is 0 Å². The fourth-order valence-electron chi connectivity index (χ4n) is 2.64. The van der Waals surface area contributed by atoms with Gasteiger partial charge in [-0.3, -0.25) is 5.10 Å². The summed E-state index contributed by atoms with van der Waals surface area (Å²) in [5, 5.41) is 18.9. The highest BCUT2D eigenvalue weighted by Crippen LogP contribution is 2.39. The van der Waals surface area contributed by atoms with Crippen LogP contribution in [0.1, 0.15) is 5.56 Å². The van der Waals surface area contributed by atoms with E-state index in [1.54, 1.807) is 17.4 Å². The Morgan fingerprint density at radius 2 is 1.86 bits per heavy atom. The number of fused-ring (bicyclic) bond motifs is 1. The van der Waals surface area contributed by atoms with Gasteiger partial charge in [0.2, 0.25) is 0 Å². The molecule has 0 saturated heterocycles. The van der Waals surface area contributed by atoms with Crippen molar-refractivity contribution in [1.82, 2.24) is 10.2 Å². The van der Waals surface area contributed by atoms with Gasteiger partial charge in [0.25, 0.3) is 0 Å². The van der Waals surface area contributed by atoms with E-state index < -0.39 is 0 Å². The lowest BCUT2D eigenvalue weighted by Gasteiger charge is -2.11. The Morgan fingerprint density at radius 3 is 2.68 bits per heavy atom. The van der Waals surface area contributed by atoms with E-state index in [0.29, 0.717) is 5.56 Å². The van der Waals surface area contributed by atoms with Crippen LogP contribution in [0.5, 0.6) is 0 Å². The van der Waals surface area contributed by atoms with Crippen molar-refractivity contribution in [2.45, 2.75) is 0 Å². The van der Waals surface area contributed by atoms with Crippen LogP contribution in [0.2, 0.25) is 0 Å². The molecule has 2 aromatic rings. The number of H-pyrrole nitrogens is 1. The molecule has 0 radical (unpaired) electrons. The number of hydrogen-bond acceptors (Lipinski definition) is 3. The molecule has 1 N–H and O–H groups in total. The average molecular weight is 301 g/mol. The smallest absolute Gasteiger partial charge is 0.0991 e. The Hall–Kier alpha value is -2.90. The van der Waals surface area contributed by atoms with Crippen molar-refractivity contribution in [3.63, 3.8) is 0 Å². The zero-order valence-corrected chi connectivity index (χ0v) is 12.4. The van der Waals surface area contributed by atoms with Gasteiger partial charge < -0.3 is 0 Å². The SMILES string of the molecule is N#Cc1cccc(-c2n[nH]c(-c3cccs3)c3cccc2-3)c1. The molecule has 0 saturated carbocycles. The predicted molar refractivity (Wildman–Crippen MR) is 88.7 cm³/mol. The van der Waals surface area contributed by atoms with Crippen molar-refractivity contribution < 1.29 is 0 Å². The number of aromatic nitrogens is 2. The van der Waals surface area contributed by atoms with Gasteiger partial charge in [-0.15, -0.1) is 11.3 Å². The largest absolute Gasteiger partial charge is 0.276 e. The van der Waals surface area contributed by atoms with Crippen molar-refractivity contribution in [2.75, 3.05) is 0 Å². The normalized spacial score (nSPS) is 10.7. The first-order valence-corrected chi connectivity index (χ1v) is 7.76. The molecule has 2 heterocycles. The number of hydrogen-bond donors (Lipinski definition) is 1. The number of nitrogens with one attached hydrogen (secondary N) is 1. The molecule has 1 aliphatic heterocycles. The van der Waals surface area contributed by atoms with Gasteiger partial charge >= 0.3 is 0 Å². The number of benzene rings is 1. The molecule has 0 fully saturated rings. The van der Waals surface area contributed by atoms with E-state index in [0.717, 1.165) is 28.1 Å². The fraction of sp³-hybridized carbons (Fsp3) is 0. The molecule has 0 amide bonds. The second kappa shape index (κ2) is 5.14. The summed E-state index contributed by atoms with van der Waals surface area (Å²) >= 11 is 1.69. The monoisotopic (exact) mass is 301 g/mol. The minimum atomic E-state index is 0.640. The molecule has 4 rings (SSSR count). The standard InChI is InChI=1S/C18H11N3S/c19-11-12-4-1-5-13(10-12)17-14-6-2-7-15(14)18(21-20-17)16-8-3-9-22-16/h1-10,21H. The van der Waals surface area contributed by atoms with Crippen LogP contribution in [0.4, 0.5) is 0 Å². The molecule has 22 heavy (non-hydrogen) atoms. The number of rotatable bonds is 2. The molecule has 0 atom stereocenters. The van der Waals surface area contributed by atoms with E-state index in [1.807, 2.05) is 30.3 Å². The number of nitrogens with zero attached hydrogens (tertiary/aromatic N) is 2. The van der Waals surface area contributed by atoms with E-state index in [2.05, 4.69) is 39.8 Å². The second-order valence-electron chi connectivity index (χ2n) is 4.97. The van der Waals surface area contributed by atoms with Gasteiger partial charge in [0.15, 0.2) is 0 Å². The Kier molecular flexibility index (Phi) is 2.99. The zero-order chi connectivity index (χ0) is 14.9. The lowest BCUT2D eigenvalue weighted by Crippen LogP contribution is -1.96. The summed E-state index contributed by atoms with van der Waals surface area (Å²) in [6.07, 6.45) is 0. The Labute approximate surface area is 131 Å². The Balaban J connectivity index is 1.92. The Bertz CT molecular complexity index is 945. The van der Waals surface area contributed by atoms with E-state index in [9.17, 15) is 0 Å². The molecular weight excluding hydrogens is 290 g/mol. The first-order valence-electron chi connectivity index (χ1n) is 6.88. The summed E-state index contributed by atoms with van der Waals surface area (Å²) in [7, 11) is 0. The van der Waals surface area contributed by atoms with Gasteiger partial charge in [-0.2, -0.15) is 10.4 Å². The molecule has 2 aliphatic rings. The van der Waals surface area contributed by atoms with Gasteiger partial charge in [0.05, 0.1) is 27.9 Å². The molecule has 1 aromatic heterocycles. The van der Waals surface area contributed by atoms with Crippen LogP contribution in [0, 0.1) is 11.3 Å². The lowest BCUT2D eigenvalue weighted by molar-refractivity contribution is 1.05. The van der Waals surface area contributed by atoms with Crippen molar-refractivity contribution in [1.29, 1.82) is 5.26 Å². The van der Waals surface area contributed by atoms with Gasteiger partial charge in [0.1, 0.15) is 0 Å². The third-order valence-electron chi connectivity index (χ3n) is 3.65. The van der Waals surface area contributed by atoms with Crippen LogP contribution < -0.4 is 0 Å². The van der Waals surface area contributed by atoms with Crippen LogP contribution in [-0.4, -0.2) is 10.2 Å². The summed E-state index contributed by atoms with van der Waals surface area (Å²) in [5.41, 5.74) is 5.74. The maximum absolute atomic E-state index is 9.07. The number of thiophene rings is 1. The predicted octanol–water partition coefficient (Wildman–Crippen LogP) is 4.78. The maximum Gasteiger partial charge on any atom is 0.0991 e. The van der Waals surface area contributed by atoms with Crippen molar-refractivity contribution in [2.24, 2.45) is 0 Å². The average Bonchev–Trinajstić information content (AvgIpc) is 3.25. The third-order valence-corrected chi connectivity index (χ3v) is 4.54. The molecule has 0 spiro atoms. The van der Waals surface area contributed by atoms with Crippen LogP contribution in [0.3, 0.4) is 0 Å². The highest BCUT2D eigenvalue weighted by atomic mass is 32.1. The van der Waals surface area contributed by atoms with Crippen molar-refractivity contribution in [3.05, 3.63) is 65.5 Å². The van der Waals surface area contributed by atoms with E-state index in [4.69, 9.17) is 5.26 Å². The molecule has 104 valence electrons. The topological polar surface area (TPSA) is 52.5 Å². The number of aromatic amines is 1. The molecule has 3 nitrogen and oxygen atoms in total. The first-order chi connectivity index (χ1) is 10.9. The molecule has 4 heteroatoms. The molecule has 0 bridgehead atoms. The third kappa shape index (κ3) is 2.00. The van der Waals surface area contributed by atoms with Gasteiger partial charge in [0, 0.05) is 16.7 Å². The minimum Gasteiger partial charge on any atom is -0.276 e. The van der Waals surface area contributed by atoms with Gasteiger partial charge in [-0.1, -0.05) is 36.4 Å². The Morgan fingerprint density at radius 1 is 1.00 bits per heavy atom. The van der Waals surface area contributed by atoms with Crippen LogP contribution in [0.15, 0.2) is 60.0 Å². The van der Waals surface area contributed by atoms with Crippen molar-refractivity contribution >= 4 is 11.3 Å². The summed E-state index contributed by atoms with van der Waals surface area (Å²) in [6.45, 7) is 0. The quantitative estimate of drug-likeness (QED) is 0.579. The van der Waals surface area contributed by atoms with Gasteiger partial charge in [-0.05, 0) is 23.6 Å². The van der Waals surface area contributed by atoms with Crippen molar-refractivity contribution in [3.8, 4) is 39.0 Å². The van der Waals surface area contributed by atoms with Gasteiger partial charge in [-0.25, -0.2) is 0 Å². The van der Waals surface area contributed by atoms with E-state index in [-0.39, 0.29) is 0 Å². The van der Waals surface area contributed by atoms with Crippen LogP contribution in [-0.2, 0) is 0 Å². The summed E-state index contributed by atoms with van der Waals surface area (Å²) < 4.78 is 0. The summed E-state index contributed by atoms with van der Waals surface area (Å²) in [5.74, 6) is 0.